The first-order valence-electron chi connectivity index (χ1n) is 5.92. The van der Waals surface area contributed by atoms with Gasteiger partial charge in [0, 0.05) is 6.54 Å². The van der Waals surface area contributed by atoms with Gasteiger partial charge in [-0.05, 0) is 6.42 Å². The molecule has 0 radical (unpaired) electrons. The quantitative estimate of drug-likeness (QED) is 0.656. The van der Waals surface area contributed by atoms with Gasteiger partial charge in [0.15, 0.2) is 0 Å². The van der Waals surface area contributed by atoms with E-state index in [4.69, 9.17) is 5.73 Å². The van der Waals surface area contributed by atoms with E-state index in [1.807, 2.05) is 0 Å². The maximum absolute atomic E-state index is 10.9. The van der Waals surface area contributed by atoms with E-state index in [-0.39, 0.29) is 11.2 Å². The van der Waals surface area contributed by atoms with Gasteiger partial charge in [0.1, 0.15) is 0 Å². The Balaban J connectivity index is 2.01. The Kier molecular flexibility index (Phi) is 6.10. The van der Waals surface area contributed by atoms with Gasteiger partial charge in [-0.15, -0.1) is 11.8 Å². The number of rotatable bonds is 7. The fraction of sp³-hybridized carbons (Fsp3) is 0.909. The Labute approximate surface area is 96.6 Å². The molecule has 0 aliphatic carbocycles. The van der Waals surface area contributed by atoms with Crippen molar-refractivity contribution in [1.82, 2.24) is 5.32 Å². The first kappa shape index (κ1) is 12.8. The molecule has 1 amide bonds. The summed E-state index contributed by atoms with van der Waals surface area (Å²) in [6.45, 7) is 2.98. The highest BCUT2D eigenvalue weighted by Gasteiger charge is 2.27. The number of nitrogens with two attached hydrogens (primary N) is 1. The highest BCUT2D eigenvalue weighted by Crippen LogP contribution is 2.26. The van der Waals surface area contributed by atoms with Crippen LogP contribution in [-0.4, -0.2) is 23.1 Å². The summed E-state index contributed by atoms with van der Waals surface area (Å²) in [6.07, 6.45) is 7.71. The van der Waals surface area contributed by atoms with Gasteiger partial charge in [0.2, 0.25) is 5.91 Å². The average molecular weight is 230 g/mol. The van der Waals surface area contributed by atoms with Crippen molar-refractivity contribution in [1.29, 1.82) is 0 Å². The number of hydrogen-bond acceptors (Lipinski definition) is 3. The maximum Gasteiger partial charge on any atom is 0.231 e. The molecule has 3 nitrogen and oxygen atoms in total. The van der Waals surface area contributed by atoms with E-state index in [1.54, 1.807) is 11.8 Å². The SMILES string of the molecule is CCCCCCCC1NCC(C(N)=O)S1. The molecule has 0 spiro atoms. The van der Waals surface area contributed by atoms with Crippen molar-refractivity contribution in [2.45, 2.75) is 56.1 Å². The van der Waals surface area contributed by atoms with Crippen molar-refractivity contribution in [3.63, 3.8) is 0 Å². The van der Waals surface area contributed by atoms with Crippen LogP contribution >= 0.6 is 11.8 Å². The Morgan fingerprint density at radius 1 is 1.40 bits per heavy atom. The molecule has 0 bridgehead atoms. The number of carbonyl (C=O) groups excluding carboxylic acids is 1. The predicted octanol–water partition coefficient (Wildman–Crippen LogP) is 1.86. The summed E-state index contributed by atoms with van der Waals surface area (Å²) >= 11 is 1.70. The van der Waals surface area contributed by atoms with Gasteiger partial charge in [-0.2, -0.15) is 0 Å². The smallest absolute Gasteiger partial charge is 0.231 e. The van der Waals surface area contributed by atoms with Crippen LogP contribution in [0, 0.1) is 0 Å². The summed E-state index contributed by atoms with van der Waals surface area (Å²) in [7, 11) is 0. The topological polar surface area (TPSA) is 55.1 Å². The molecule has 1 heterocycles. The predicted molar refractivity (Wildman–Crippen MR) is 65.7 cm³/mol. The van der Waals surface area contributed by atoms with Crippen molar-refractivity contribution >= 4 is 17.7 Å². The van der Waals surface area contributed by atoms with Crippen LogP contribution in [0.1, 0.15) is 45.4 Å². The van der Waals surface area contributed by atoms with Crippen molar-refractivity contribution < 1.29 is 4.79 Å². The lowest BCUT2D eigenvalue weighted by Crippen LogP contribution is -2.28. The Morgan fingerprint density at radius 3 is 2.73 bits per heavy atom. The number of primary amides is 1. The fourth-order valence-corrected chi connectivity index (χ4v) is 3.02. The second-order valence-corrected chi connectivity index (χ2v) is 5.54. The third kappa shape index (κ3) is 4.89. The molecule has 2 unspecified atom stereocenters. The molecule has 1 aliphatic rings. The molecule has 0 saturated carbocycles. The molecule has 3 N–H and O–H groups in total. The second kappa shape index (κ2) is 7.12. The van der Waals surface area contributed by atoms with E-state index in [1.165, 1.54) is 32.1 Å². The van der Waals surface area contributed by atoms with Gasteiger partial charge in [0.25, 0.3) is 0 Å². The lowest BCUT2D eigenvalue weighted by Gasteiger charge is -2.08. The van der Waals surface area contributed by atoms with Crippen LogP contribution in [0.4, 0.5) is 0 Å². The summed E-state index contributed by atoms with van der Waals surface area (Å²) in [5, 5.41) is 3.78. The van der Waals surface area contributed by atoms with Crippen LogP contribution in [-0.2, 0) is 4.79 Å². The lowest BCUT2D eigenvalue weighted by molar-refractivity contribution is -0.117. The Morgan fingerprint density at radius 2 is 2.13 bits per heavy atom. The van der Waals surface area contributed by atoms with Crippen molar-refractivity contribution in [3.8, 4) is 0 Å². The number of nitrogens with one attached hydrogen (secondary N) is 1. The lowest BCUT2D eigenvalue weighted by atomic mass is 10.1. The van der Waals surface area contributed by atoms with E-state index in [9.17, 15) is 4.79 Å². The van der Waals surface area contributed by atoms with Crippen molar-refractivity contribution in [3.05, 3.63) is 0 Å². The average Bonchev–Trinajstić information content (AvgIpc) is 2.66. The zero-order chi connectivity index (χ0) is 11.1. The molecule has 0 aromatic carbocycles. The Hall–Kier alpha value is -0.220. The summed E-state index contributed by atoms with van der Waals surface area (Å²) in [6, 6.07) is 0. The molecule has 1 saturated heterocycles. The van der Waals surface area contributed by atoms with Gasteiger partial charge < -0.3 is 11.1 Å². The molecule has 4 heteroatoms. The molecule has 15 heavy (non-hydrogen) atoms. The van der Waals surface area contributed by atoms with Gasteiger partial charge in [-0.3, -0.25) is 4.79 Å². The van der Waals surface area contributed by atoms with Gasteiger partial charge in [-0.25, -0.2) is 0 Å². The maximum atomic E-state index is 10.9. The highest BCUT2D eigenvalue weighted by molar-refractivity contribution is 8.01. The molecular weight excluding hydrogens is 208 g/mol. The van der Waals surface area contributed by atoms with Crippen molar-refractivity contribution in [2.24, 2.45) is 5.73 Å². The monoisotopic (exact) mass is 230 g/mol. The zero-order valence-electron chi connectivity index (χ0n) is 9.50. The minimum Gasteiger partial charge on any atom is -0.369 e. The van der Waals surface area contributed by atoms with Gasteiger partial charge in [0.05, 0.1) is 10.6 Å². The van der Waals surface area contributed by atoms with Crippen LogP contribution < -0.4 is 11.1 Å². The van der Waals surface area contributed by atoms with Crippen LogP contribution in [0.25, 0.3) is 0 Å². The molecule has 0 aromatic rings. The van der Waals surface area contributed by atoms with E-state index in [0.29, 0.717) is 5.37 Å². The number of thioether (sulfide) groups is 1. The van der Waals surface area contributed by atoms with E-state index >= 15 is 0 Å². The Bertz CT molecular complexity index is 199. The molecule has 1 rings (SSSR count). The van der Waals surface area contributed by atoms with E-state index in [0.717, 1.165) is 13.0 Å². The van der Waals surface area contributed by atoms with Crippen molar-refractivity contribution in [2.75, 3.05) is 6.54 Å². The molecule has 1 fully saturated rings. The molecule has 0 aromatic heterocycles. The van der Waals surface area contributed by atoms with Crippen LogP contribution in [0.15, 0.2) is 0 Å². The first-order chi connectivity index (χ1) is 7.24. The van der Waals surface area contributed by atoms with Gasteiger partial charge >= 0.3 is 0 Å². The minimum atomic E-state index is -0.180. The van der Waals surface area contributed by atoms with Crippen LogP contribution in [0.5, 0.6) is 0 Å². The first-order valence-corrected chi connectivity index (χ1v) is 6.86. The normalized spacial score (nSPS) is 25.7. The van der Waals surface area contributed by atoms with Crippen LogP contribution in [0.2, 0.25) is 0 Å². The second-order valence-electron chi connectivity index (χ2n) is 4.13. The summed E-state index contributed by atoms with van der Waals surface area (Å²) < 4.78 is 0. The summed E-state index contributed by atoms with van der Waals surface area (Å²) in [5.41, 5.74) is 5.25. The third-order valence-electron chi connectivity index (χ3n) is 2.75. The zero-order valence-corrected chi connectivity index (χ0v) is 10.3. The molecule has 88 valence electrons. The number of hydrogen-bond donors (Lipinski definition) is 2. The standard InChI is InChI=1S/C11H22N2OS/c1-2-3-4-5-6-7-10-13-8-9(15-10)11(12)14/h9-10,13H,2-8H2,1H3,(H2,12,14). The molecule has 1 aliphatic heterocycles. The minimum absolute atomic E-state index is 0.00866. The van der Waals surface area contributed by atoms with Gasteiger partial charge in [-0.1, -0.05) is 39.0 Å². The van der Waals surface area contributed by atoms with E-state index in [2.05, 4.69) is 12.2 Å². The number of carbonyl (C=O) groups is 1. The number of unbranched alkanes of at least 4 members (excludes halogenated alkanes) is 4. The molecule has 2 atom stereocenters. The third-order valence-corrected chi connectivity index (χ3v) is 4.21. The summed E-state index contributed by atoms with van der Waals surface area (Å²) in [5.74, 6) is -0.180. The summed E-state index contributed by atoms with van der Waals surface area (Å²) in [4.78, 5) is 10.9. The van der Waals surface area contributed by atoms with E-state index < -0.39 is 0 Å². The van der Waals surface area contributed by atoms with Crippen LogP contribution in [0.3, 0.4) is 0 Å². The molecular formula is C11H22N2OS. The highest BCUT2D eigenvalue weighted by atomic mass is 32.2. The fourth-order valence-electron chi connectivity index (χ4n) is 1.80. The number of amides is 1. The largest absolute Gasteiger partial charge is 0.369 e.